The summed E-state index contributed by atoms with van der Waals surface area (Å²) >= 11 is 6.39. The largest absolute Gasteiger partial charge is 0.496 e. The molecule has 1 aromatic heterocycles. The quantitative estimate of drug-likeness (QED) is 0.261. The molecule has 0 bridgehead atoms. The van der Waals surface area contributed by atoms with Gasteiger partial charge in [0.2, 0.25) is 5.95 Å². The molecule has 3 heterocycles. The van der Waals surface area contributed by atoms with E-state index in [1.165, 1.54) is 25.3 Å². The summed E-state index contributed by atoms with van der Waals surface area (Å²) in [4.78, 5) is 28.7. The van der Waals surface area contributed by atoms with Crippen LogP contribution in [0, 0.1) is 11.6 Å². The fraction of sp³-hybridized carbons (Fsp3) is 0.273. The fourth-order valence-corrected chi connectivity index (χ4v) is 5.79. The molecule has 0 radical (unpaired) electrons. The van der Waals surface area contributed by atoms with Crippen molar-refractivity contribution < 1.29 is 18.3 Å². The lowest BCUT2D eigenvalue weighted by molar-refractivity contribution is 0.0657. The number of hydrogen-bond donors (Lipinski definition) is 2. The molecule has 4 aromatic rings. The van der Waals surface area contributed by atoms with Crippen LogP contribution in [-0.4, -0.2) is 59.3 Å². The van der Waals surface area contributed by atoms with Gasteiger partial charge in [0, 0.05) is 52.2 Å². The Morgan fingerprint density at radius 1 is 1.05 bits per heavy atom. The van der Waals surface area contributed by atoms with Crippen LogP contribution in [0.3, 0.4) is 0 Å². The first kappa shape index (κ1) is 29.7. The molecule has 8 nitrogen and oxygen atoms in total. The van der Waals surface area contributed by atoms with E-state index in [0.717, 1.165) is 12.8 Å². The van der Waals surface area contributed by atoms with Gasteiger partial charge in [0.25, 0.3) is 5.91 Å². The van der Waals surface area contributed by atoms with Crippen LogP contribution in [0.4, 0.5) is 20.4 Å². The first-order chi connectivity index (χ1) is 21.2. The number of amides is 1. The second kappa shape index (κ2) is 11.9. The molecule has 44 heavy (non-hydrogen) atoms. The van der Waals surface area contributed by atoms with Crippen molar-refractivity contribution in [1.82, 2.24) is 20.2 Å². The standard InChI is InChI=1S/C33H31ClF2N6O2/c1-33(37-2)11-13-42(14-12-33)31(43)23-10-8-21(16-26(23)36)40-32-39-18-19-17-38-30(28-25(35)5-4-6-27(28)44-3)24-15-20(34)7-9-22(24)29(19)41-32/h4-10,15-16,18,37H,11-14,17H2,1-3H3,(H,39,40,41). The van der Waals surface area contributed by atoms with E-state index >= 15 is 8.78 Å². The van der Waals surface area contributed by atoms with Gasteiger partial charge in [-0.15, -0.1) is 0 Å². The molecule has 0 saturated carbocycles. The maximum Gasteiger partial charge on any atom is 0.256 e. The van der Waals surface area contributed by atoms with Crippen LogP contribution in [0.1, 0.15) is 46.8 Å². The zero-order valence-corrected chi connectivity index (χ0v) is 25.3. The van der Waals surface area contributed by atoms with Crippen molar-refractivity contribution >= 4 is 34.9 Å². The molecule has 11 heteroatoms. The molecule has 3 aromatic carbocycles. The average Bonchev–Trinajstić information content (AvgIpc) is 3.17. The number of aliphatic imine (C=N–C) groups is 1. The predicted octanol–water partition coefficient (Wildman–Crippen LogP) is 6.39. The maximum absolute atomic E-state index is 15.2. The van der Waals surface area contributed by atoms with E-state index < -0.39 is 11.6 Å². The number of ether oxygens (including phenoxy) is 1. The average molecular weight is 617 g/mol. The lowest BCUT2D eigenvalue weighted by atomic mass is 9.89. The summed E-state index contributed by atoms with van der Waals surface area (Å²) < 4.78 is 35.8. The van der Waals surface area contributed by atoms with Crippen molar-refractivity contribution in [3.8, 4) is 17.0 Å². The summed E-state index contributed by atoms with van der Waals surface area (Å²) in [6.45, 7) is 3.42. The van der Waals surface area contributed by atoms with Gasteiger partial charge in [-0.2, -0.15) is 0 Å². The minimum Gasteiger partial charge on any atom is -0.496 e. The van der Waals surface area contributed by atoms with Crippen LogP contribution in [0.25, 0.3) is 11.3 Å². The van der Waals surface area contributed by atoms with E-state index in [2.05, 4.69) is 22.5 Å². The van der Waals surface area contributed by atoms with E-state index in [1.54, 1.807) is 47.5 Å². The lowest BCUT2D eigenvalue weighted by Gasteiger charge is -2.39. The minimum atomic E-state index is -0.631. The van der Waals surface area contributed by atoms with E-state index in [1.807, 2.05) is 7.05 Å². The summed E-state index contributed by atoms with van der Waals surface area (Å²) in [5, 5.41) is 6.81. The van der Waals surface area contributed by atoms with Gasteiger partial charge >= 0.3 is 0 Å². The van der Waals surface area contributed by atoms with Crippen LogP contribution in [0.5, 0.6) is 5.75 Å². The zero-order chi connectivity index (χ0) is 31.0. The minimum absolute atomic E-state index is 0.0190. The molecular weight excluding hydrogens is 586 g/mol. The second-order valence-electron chi connectivity index (χ2n) is 11.2. The van der Waals surface area contributed by atoms with E-state index in [9.17, 15) is 4.79 Å². The molecule has 2 N–H and O–H groups in total. The number of aromatic nitrogens is 2. The maximum atomic E-state index is 15.2. The molecule has 0 unspecified atom stereocenters. The van der Waals surface area contributed by atoms with Gasteiger partial charge in [0.05, 0.1) is 36.2 Å². The van der Waals surface area contributed by atoms with Gasteiger partial charge in [-0.3, -0.25) is 9.79 Å². The van der Waals surface area contributed by atoms with Crippen LogP contribution < -0.4 is 15.4 Å². The summed E-state index contributed by atoms with van der Waals surface area (Å²) in [7, 11) is 3.39. The molecule has 0 spiro atoms. The number of likely N-dealkylation sites (tertiary alicyclic amines) is 1. The predicted molar refractivity (Wildman–Crippen MR) is 167 cm³/mol. The molecule has 0 atom stereocenters. The van der Waals surface area contributed by atoms with Gasteiger partial charge < -0.3 is 20.3 Å². The summed E-state index contributed by atoms with van der Waals surface area (Å²) in [5.41, 5.74) is 3.55. The van der Waals surface area contributed by atoms with Gasteiger partial charge in [-0.1, -0.05) is 23.7 Å². The van der Waals surface area contributed by atoms with E-state index in [0.29, 0.717) is 57.6 Å². The molecule has 1 amide bonds. The smallest absolute Gasteiger partial charge is 0.256 e. The molecule has 2 aliphatic heterocycles. The number of halogens is 3. The Kier molecular flexibility index (Phi) is 8.04. The lowest BCUT2D eigenvalue weighted by Crippen LogP contribution is -2.51. The van der Waals surface area contributed by atoms with Crippen LogP contribution in [-0.2, 0) is 6.54 Å². The molecule has 1 saturated heterocycles. The first-order valence-electron chi connectivity index (χ1n) is 14.3. The van der Waals surface area contributed by atoms with Gasteiger partial charge in [-0.05, 0) is 69.3 Å². The number of fused-ring (bicyclic) bond motifs is 3. The van der Waals surface area contributed by atoms with Gasteiger partial charge in [0.1, 0.15) is 17.4 Å². The third kappa shape index (κ3) is 5.62. The third-order valence-electron chi connectivity index (χ3n) is 8.41. The summed E-state index contributed by atoms with van der Waals surface area (Å²) in [5.74, 6) is -0.874. The van der Waals surface area contributed by atoms with Crippen molar-refractivity contribution in [3.63, 3.8) is 0 Å². The van der Waals surface area contributed by atoms with Gasteiger partial charge in [0.15, 0.2) is 0 Å². The molecule has 0 aliphatic carbocycles. The summed E-state index contributed by atoms with van der Waals surface area (Å²) in [6, 6.07) is 14.2. The van der Waals surface area contributed by atoms with Gasteiger partial charge in [-0.25, -0.2) is 18.7 Å². The van der Waals surface area contributed by atoms with Crippen LogP contribution >= 0.6 is 11.6 Å². The Labute approximate surface area is 259 Å². The fourth-order valence-electron chi connectivity index (χ4n) is 5.62. The normalized spacial score (nSPS) is 15.5. The summed E-state index contributed by atoms with van der Waals surface area (Å²) in [6.07, 6.45) is 3.22. The van der Waals surface area contributed by atoms with Crippen molar-refractivity contribution in [2.75, 3.05) is 32.6 Å². The SMILES string of the molecule is CNC1(C)CCN(C(=O)c2ccc(Nc3ncc4c(n3)-c3ccc(Cl)cc3C(c3c(F)cccc3OC)=NC4)cc2F)CC1. The van der Waals surface area contributed by atoms with Crippen molar-refractivity contribution in [2.24, 2.45) is 4.99 Å². The number of nitrogens with zero attached hydrogens (tertiary/aromatic N) is 4. The highest BCUT2D eigenvalue weighted by Gasteiger charge is 2.31. The van der Waals surface area contributed by atoms with E-state index in [-0.39, 0.29) is 35.1 Å². The third-order valence-corrected chi connectivity index (χ3v) is 8.64. The number of benzene rings is 3. The number of hydrogen-bond acceptors (Lipinski definition) is 7. The second-order valence-corrected chi connectivity index (χ2v) is 11.6. The number of methoxy groups -OCH3 is 1. The molecule has 2 aliphatic rings. The Morgan fingerprint density at radius 3 is 2.57 bits per heavy atom. The monoisotopic (exact) mass is 616 g/mol. The van der Waals surface area contributed by atoms with Crippen molar-refractivity contribution in [2.45, 2.75) is 31.8 Å². The highest BCUT2D eigenvalue weighted by atomic mass is 35.5. The highest BCUT2D eigenvalue weighted by Crippen LogP contribution is 2.36. The highest BCUT2D eigenvalue weighted by molar-refractivity contribution is 6.31. The molecule has 1 fully saturated rings. The molecule has 6 rings (SSSR count). The topological polar surface area (TPSA) is 91.7 Å². The Balaban J connectivity index is 1.28. The van der Waals surface area contributed by atoms with Crippen molar-refractivity contribution in [3.05, 3.63) is 99.7 Å². The number of carbonyl (C=O) groups is 1. The number of anilines is 2. The van der Waals surface area contributed by atoms with Crippen LogP contribution in [0.15, 0.2) is 65.8 Å². The number of carbonyl (C=O) groups excluding carboxylic acids is 1. The number of nitrogens with one attached hydrogen (secondary N) is 2. The van der Waals surface area contributed by atoms with E-state index in [4.69, 9.17) is 26.3 Å². The first-order valence-corrected chi connectivity index (χ1v) is 14.7. The van der Waals surface area contributed by atoms with Crippen LogP contribution in [0.2, 0.25) is 5.02 Å². The zero-order valence-electron chi connectivity index (χ0n) is 24.5. The number of rotatable bonds is 6. The van der Waals surface area contributed by atoms with Crippen molar-refractivity contribution in [1.29, 1.82) is 0 Å². The Bertz CT molecular complexity index is 1790. The molecule has 226 valence electrons. The number of piperidine rings is 1. The Hall–Kier alpha value is -4.41. The Morgan fingerprint density at radius 2 is 1.84 bits per heavy atom. The molecular formula is C33H31ClF2N6O2.